The Bertz CT molecular complexity index is 2710. The van der Waals surface area contributed by atoms with Gasteiger partial charge in [-0.1, -0.05) is 149 Å². The van der Waals surface area contributed by atoms with E-state index >= 15 is 0 Å². The van der Waals surface area contributed by atoms with Gasteiger partial charge in [-0.2, -0.15) is 0 Å². The average molecular weight is 1220 g/mol. The molecule has 24 nitrogen and oxygen atoms in total. The minimum Gasteiger partial charge on any atom is -0.445 e. The van der Waals surface area contributed by atoms with Gasteiger partial charge in [0.1, 0.15) is 80.4 Å². The molecule has 3 amide bonds. The van der Waals surface area contributed by atoms with Crippen LogP contribution >= 0.6 is 0 Å². The van der Waals surface area contributed by atoms with E-state index in [9.17, 15) is 45.0 Å². The maximum atomic E-state index is 14.0. The van der Waals surface area contributed by atoms with Crippen LogP contribution < -0.4 is 21.3 Å². The predicted octanol–water partition coefficient (Wildman–Crippen LogP) is 2.63. The largest absolute Gasteiger partial charge is 0.445 e. The molecule has 24 heteroatoms. The van der Waals surface area contributed by atoms with Crippen molar-refractivity contribution in [3.8, 4) is 0 Å². The molecule has 1 unspecified atom stereocenters. The smallest absolute Gasteiger partial charge is 0.407 e. The van der Waals surface area contributed by atoms with Crippen LogP contribution in [0.1, 0.15) is 68.6 Å². The standard InChI is InChI=1S/C63H84N4O20/c1-4-17-44(69)57(74)66-42-30-43(67-63(76)80-34-40-22-13-7-14-23-40)52(84-59-37(3)49(71)53-47(83-59)35-78-60(85-53)41-24-15-8-16-25-41)55(50(42)72)87-61-56(77-29-28-64-27-26-38-18-9-5-10-19-38)54(46(32-68)82-61)86-58-36(2)48(70)51(73)45(81-58)31-65-62(75)79-33-39-20-11-6-12-21-39/h5-16,18-25,36-37,42-56,58-61,64,68-73H,4,17,26-35H2,1-3H3,(H,65,75)(H,66,74)(H,67,76)/t36-,37-,42-,43+,44+,45+,46-,47-,48-,49-,50+,51-,52-,53-,54-,55-,56-,58-,59-,60?,61+/m1/s1. The van der Waals surface area contributed by atoms with Crippen LogP contribution in [0, 0.1) is 11.8 Å². The number of aliphatic hydroxyl groups is 6. The third kappa shape index (κ3) is 17.4. The number of nitrogens with one attached hydrogen (secondary N) is 4. The van der Waals surface area contributed by atoms with Crippen LogP contribution in [0.5, 0.6) is 0 Å². The van der Waals surface area contributed by atoms with Crippen LogP contribution in [0.3, 0.4) is 0 Å². The topological polar surface area (TPSA) is 322 Å². The second kappa shape index (κ2) is 32.1. The Morgan fingerprint density at radius 3 is 1.85 bits per heavy atom. The lowest BCUT2D eigenvalue weighted by molar-refractivity contribution is -0.366. The van der Waals surface area contributed by atoms with Crippen molar-refractivity contribution < 1.29 is 97.1 Å². The Balaban J connectivity index is 1.00. The molecule has 4 heterocycles. The number of amides is 3. The Labute approximate surface area is 506 Å². The van der Waals surface area contributed by atoms with E-state index < -0.39 is 153 Å². The molecule has 4 saturated heterocycles. The zero-order valence-corrected chi connectivity index (χ0v) is 49.1. The average Bonchev–Trinajstić information content (AvgIpc) is 2.17. The maximum Gasteiger partial charge on any atom is 0.407 e. The molecule has 21 atom stereocenters. The highest BCUT2D eigenvalue weighted by molar-refractivity contribution is 5.80. The molecule has 0 spiro atoms. The fourth-order valence-corrected chi connectivity index (χ4v) is 11.5. The second-order valence-corrected chi connectivity index (χ2v) is 22.7. The third-order valence-electron chi connectivity index (χ3n) is 16.4. The normalized spacial score (nSPS) is 33.6. The van der Waals surface area contributed by atoms with E-state index in [-0.39, 0.29) is 45.8 Å². The van der Waals surface area contributed by atoms with Gasteiger partial charge in [0.05, 0.1) is 44.1 Å². The van der Waals surface area contributed by atoms with Crippen LogP contribution in [0.4, 0.5) is 9.59 Å². The summed E-state index contributed by atoms with van der Waals surface area (Å²) >= 11 is 0. The molecular weight excluding hydrogens is 1130 g/mol. The van der Waals surface area contributed by atoms with Crippen molar-refractivity contribution in [2.24, 2.45) is 11.8 Å². The van der Waals surface area contributed by atoms with E-state index in [1.165, 1.54) is 0 Å². The molecule has 476 valence electrons. The van der Waals surface area contributed by atoms with Crippen LogP contribution in [0.25, 0.3) is 0 Å². The summed E-state index contributed by atoms with van der Waals surface area (Å²) in [6.07, 6.45) is -22.7. The summed E-state index contributed by atoms with van der Waals surface area (Å²) in [5.74, 6) is -2.55. The van der Waals surface area contributed by atoms with Crippen LogP contribution in [-0.2, 0) is 76.5 Å². The van der Waals surface area contributed by atoms with Crippen LogP contribution in [0.2, 0.25) is 0 Å². The van der Waals surface area contributed by atoms with Gasteiger partial charge in [-0.25, -0.2) is 9.59 Å². The fraction of sp³-hybridized carbons (Fsp3) is 0.571. The third-order valence-corrected chi connectivity index (χ3v) is 16.4. The van der Waals surface area contributed by atoms with Crippen molar-refractivity contribution in [1.82, 2.24) is 21.3 Å². The van der Waals surface area contributed by atoms with E-state index in [1.54, 1.807) is 69.3 Å². The molecule has 4 aromatic carbocycles. The molecule has 0 radical (unpaired) electrons. The first-order valence-corrected chi connectivity index (χ1v) is 30.0. The van der Waals surface area contributed by atoms with Gasteiger partial charge in [0.25, 0.3) is 0 Å². The molecule has 0 aromatic heterocycles. The monoisotopic (exact) mass is 1220 g/mol. The molecule has 4 aliphatic heterocycles. The van der Waals surface area contributed by atoms with Crippen molar-refractivity contribution in [3.63, 3.8) is 0 Å². The number of carbonyl (C=O) groups is 3. The van der Waals surface area contributed by atoms with Gasteiger partial charge in [0, 0.05) is 30.5 Å². The number of benzene rings is 4. The van der Waals surface area contributed by atoms with Crippen LogP contribution in [0.15, 0.2) is 121 Å². The highest BCUT2D eigenvalue weighted by atomic mass is 16.8. The molecule has 4 aromatic rings. The molecule has 0 bridgehead atoms. The van der Waals surface area contributed by atoms with E-state index in [2.05, 4.69) is 21.3 Å². The van der Waals surface area contributed by atoms with Gasteiger partial charge in [-0.3, -0.25) is 4.79 Å². The number of fused-ring (bicyclic) bond motifs is 1. The summed E-state index contributed by atoms with van der Waals surface area (Å²) in [7, 11) is 0. The van der Waals surface area contributed by atoms with E-state index in [1.807, 2.05) is 72.8 Å². The minimum absolute atomic E-state index is 0.00245. The lowest BCUT2D eigenvalue weighted by Gasteiger charge is -2.50. The Hall–Kier alpha value is -5.75. The fourth-order valence-electron chi connectivity index (χ4n) is 11.5. The summed E-state index contributed by atoms with van der Waals surface area (Å²) in [6.45, 7) is 4.80. The number of carbonyl (C=O) groups excluding carboxylic acids is 3. The van der Waals surface area contributed by atoms with Gasteiger partial charge in [-0.05, 0) is 42.5 Å². The minimum atomic E-state index is -1.71. The zero-order valence-electron chi connectivity index (χ0n) is 49.1. The summed E-state index contributed by atoms with van der Waals surface area (Å²) in [5, 5.41) is 81.1. The van der Waals surface area contributed by atoms with Crippen molar-refractivity contribution >= 4 is 18.1 Å². The van der Waals surface area contributed by atoms with E-state index in [0.29, 0.717) is 31.5 Å². The summed E-state index contributed by atoms with van der Waals surface area (Å²) in [4.78, 5) is 40.6. The molecule has 5 fully saturated rings. The lowest BCUT2D eigenvalue weighted by Crippen LogP contribution is -2.68. The van der Waals surface area contributed by atoms with Gasteiger partial charge in [-0.15, -0.1) is 0 Å². The molecule has 9 rings (SSSR count). The first kappa shape index (κ1) is 65.7. The van der Waals surface area contributed by atoms with Crippen molar-refractivity contribution in [1.29, 1.82) is 0 Å². The van der Waals surface area contributed by atoms with Gasteiger partial charge < -0.3 is 104 Å². The number of alkyl carbamates (subject to hydrolysis) is 2. The lowest BCUT2D eigenvalue weighted by atomic mass is 9.82. The first-order valence-electron chi connectivity index (χ1n) is 30.0. The Morgan fingerprint density at radius 2 is 1.20 bits per heavy atom. The first-order chi connectivity index (χ1) is 42.2. The summed E-state index contributed by atoms with van der Waals surface area (Å²) in [6, 6.07) is 34.7. The number of aliphatic hydroxyl groups excluding tert-OH is 6. The molecule has 5 aliphatic rings. The highest BCUT2D eigenvalue weighted by Gasteiger charge is 2.57. The van der Waals surface area contributed by atoms with Crippen LogP contribution in [-0.4, -0.2) is 198 Å². The number of ether oxygens (including phenoxy) is 11. The quantitative estimate of drug-likeness (QED) is 0.0404. The molecule has 1 saturated carbocycles. The van der Waals surface area contributed by atoms with E-state index in [4.69, 9.17) is 52.1 Å². The second-order valence-electron chi connectivity index (χ2n) is 22.7. The van der Waals surface area contributed by atoms with Crippen molar-refractivity contribution in [3.05, 3.63) is 144 Å². The maximum absolute atomic E-state index is 14.0. The van der Waals surface area contributed by atoms with Gasteiger partial charge in [0.15, 0.2) is 25.2 Å². The Kier molecular flexibility index (Phi) is 24.3. The number of rotatable bonds is 26. The zero-order chi connectivity index (χ0) is 61.4. The molecule has 10 N–H and O–H groups in total. The SMILES string of the molecule is CCC[C@H](O)C(=O)N[C@@H]1C[C@H](NC(=O)OCc2ccccc2)[C@@H](O[C@H]2O[C@@H]3COC(c4ccccc4)O[C@H]3[C@H](O)[C@H]2C)[C@H](O[C@@H]2O[C@H](CO)[C@@H](O[C@H]3O[C@@H](CNC(=O)OCc4ccccc4)[C@@H](O)[C@H](O)[C@H]3C)[C@H]2OCCNCCc2ccccc2)[C@H]1O. The molecular formula is C63H84N4O20. The van der Waals surface area contributed by atoms with Crippen molar-refractivity contribution in [2.75, 3.05) is 39.5 Å². The number of hydrogen-bond acceptors (Lipinski definition) is 21. The van der Waals surface area contributed by atoms with Gasteiger partial charge >= 0.3 is 12.2 Å². The van der Waals surface area contributed by atoms with Gasteiger partial charge in [0.2, 0.25) is 5.91 Å². The van der Waals surface area contributed by atoms with E-state index in [0.717, 1.165) is 16.7 Å². The number of hydrogen-bond donors (Lipinski definition) is 10. The predicted molar refractivity (Wildman–Crippen MR) is 308 cm³/mol. The molecule has 87 heavy (non-hydrogen) atoms. The summed E-state index contributed by atoms with van der Waals surface area (Å²) in [5.41, 5.74) is 3.29. The Morgan fingerprint density at radius 1 is 0.609 bits per heavy atom. The summed E-state index contributed by atoms with van der Waals surface area (Å²) < 4.78 is 70.0. The molecule has 1 aliphatic carbocycles. The van der Waals surface area contributed by atoms with Crippen molar-refractivity contribution in [2.45, 2.75) is 176 Å². The highest BCUT2D eigenvalue weighted by Crippen LogP contribution is 2.41.